The fraction of sp³-hybridized carbons (Fsp3) is 0.0426. The van der Waals surface area contributed by atoms with Gasteiger partial charge in [-0.1, -0.05) is 121 Å². The van der Waals surface area contributed by atoms with Crippen LogP contribution < -0.4 is 0 Å². The van der Waals surface area contributed by atoms with Crippen molar-refractivity contribution in [2.24, 2.45) is 0 Å². The van der Waals surface area contributed by atoms with E-state index in [2.05, 4.69) is 140 Å². The summed E-state index contributed by atoms with van der Waals surface area (Å²) in [5, 5.41) is 9.46. The minimum absolute atomic E-state index is 0.636. The SMILES string of the molecule is C1=CCCC(c2nc(-c3ccc4ccc5ccccc5c4c3)nc(-c3cccc4oc5cccc(-c6ccc7c(c6)sc6ccccc67)c5c34)n2)=C1. The third-order valence-corrected chi connectivity index (χ3v) is 11.5. The lowest BCUT2D eigenvalue weighted by atomic mass is 9.96. The third-order valence-electron chi connectivity index (χ3n) is 10.4. The van der Waals surface area contributed by atoms with Gasteiger partial charge in [0.15, 0.2) is 17.5 Å². The molecule has 3 aromatic heterocycles. The summed E-state index contributed by atoms with van der Waals surface area (Å²) < 4.78 is 9.14. The highest BCUT2D eigenvalue weighted by Crippen LogP contribution is 2.43. The van der Waals surface area contributed by atoms with Gasteiger partial charge in [-0.3, -0.25) is 0 Å². The number of furan rings is 1. The Morgan fingerprint density at radius 1 is 0.500 bits per heavy atom. The fourth-order valence-corrected chi connectivity index (χ4v) is 9.03. The van der Waals surface area contributed by atoms with Gasteiger partial charge in [0.2, 0.25) is 0 Å². The first-order chi connectivity index (χ1) is 25.7. The first-order valence-corrected chi connectivity index (χ1v) is 18.5. The van der Waals surface area contributed by atoms with Crippen molar-refractivity contribution in [3.8, 4) is 33.9 Å². The number of hydrogen-bond donors (Lipinski definition) is 0. The van der Waals surface area contributed by atoms with Gasteiger partial charge in [-0.25, -0.2) is 15.0 Å². The Labute approximate surface area is 303 Å². The van der Waals surface area contributed by atoms with E-state index in [1.54, 1.807) is 0 Å². The Balaban J connectivity index is 1.14. The zero-order valence-electron chi connectivity index (χ0n) is 28.0. The molecular formula is C47H29N3OS. The van der Waals surface area contributed by atoms with Crippen LogP contribution in [0.5, 0.6) is 0 Å². The van der Waals surface area contributed by atoms with Gasteiger partial charge in [-0.15, -0.1) is 11.3 Å². The number of rotatable bonds is 4. The van der Waals surface area contributed by atoms with Gasteiger partial charge in [0.1, 0.15) is 11.2 Å². The van der Waals surface area contributed by atoms with Gasteiger partial charge in [0, 0.05) is 42.1 Å². The van der Waals surface area contributed by atoms with E-state index in [1.807, 2.05) is 23.5 Å². The molecule has 11 rings (SSSR count). The maximum atomic E-state index is 6.57. The van der Waals surface area contributed by atoms with E-state index in [4.69, 9.17) is 19.4 Å². The zero-order chi connectivity index (χ0) is 34.2. The Kier molecular flexibility index (Phi) is 6.51. The Bertz CT molecular complexity index is 3150. The van der Waals surface area contributed by atoms with E-state index in [0.717, 1.165) is 62.6 Å². The van der Waals surface area contributed by atoms with Crippen molar-refractivity contribution in [1.29, 1.82) is 0 Å². The highest BCUT2D eigenvalue weighted by Gasteiger charge is 2.21. The molecule has 1 aliphatic rings. The van der Waals surface area contributed by atoms with Crippen molar-refractivity contribution in [2.45, 2.75) is 12.8 Å². The summed E-state index contributed by atoms with van der Waals surface area (Å²) in [4.78, 5) is 15.6. The maximum absolute atomic E-state index is 6.57. The zero-order valence-corrected chi connectivity index (χ0v) is 28.8. The van der Waals surface area contributed by atoms with Gasteiger partial charge >= 0.3 is 0 Å². The first kappa shape index (κ1) is 29.3. The average Bonchev–Trinajstić information content (AvgIpc) is 3.79. The summed E-state index contributed by atoms with van der Waals surface area (Å²) in [7, 11) is 0. The summed E-state index contributed by atoms with van der Waals surface area (Å²) in [6.45, 7) is 0. The molecule has 0 atom stereocenters. The minimum atomic E-state index is 0.636. The van der Waals surface area contributed by atoms with Crippen molar-refractivity contribution in [3.05, 3.63) is 158 Å². The topological polar surface area (TPSA) is 51.8 Å². The Morgan fingerprint density at radius 3 is 2.06 bits per heavy atom. The predicted molar refractivity (Wildman–Crippen MR) is 218 cm³/mol. The van der Waals surface area contributed by atoms with Crippen LogP contribution in [-0.2, 0) is 0 Å². The van der Waals surface area contributed by atoms with Crippen LogP contribution in [0.4, 0.5) is 0 Å². The number of nitrogens with zero attached hydrogens (tertiary/aromatic N) is 3. The summed E-state index contributed by atoms with van der Waals surface area (Å²) in [5.74, 6) is 2.00. The summed E-state index contributed by atoms with van der Waals surface area (Å²) >= 11 is 1.84. The number of hydrogen-bond acceptors (Lipinski definition) is 5. The second kappa shape index (κ2) is 11.6. The van der Waals surface area contributed by atoms with E-state index in [1.165, 1.54) is 41.7 Å². The Hall–Kier alpha value is -6.43. The lowest BCUT2D eigenvalue weighted by molar-refractivity contribution is 0.669. The number of thiophene rings is 1. The van der Waals surface area contributed by atoms with Crippen LogP contribution in [0.1, 0.15) is 18.7 Å². The quantitative estimate of drug-likeness (QED) is 0.173. The van der Waals surface area contributed by atoms with E-state index < -0.39 is 0 Å². The van der Waals surface area contributed by atoms with Crippen LogP contribution in [0, 0.1) is 0 Å². The van der Waals surface area contributed by atoms with Gasteiger partial charge in [-0.05, 0) is 81.4 Å². The molecule has 4 nitrogen and oxygen atoms in total. The molecule has 1 aliphatic carbocycles. The van der Waals surface area contributed by atoms with Crippen LogP contribution in [-0.4, -0.2) is 15.0 Å². The fourth-order valence-electron chi connectivity index (χ4n) is 7.89. The molecule has 0 N–H and O–H groups in total. The Morgan fingerprint density at radius 2 is 1.19 bits per heavy atom. The molecule has 0 fully saturated rings. The average molecular weight is 684 g/mol. The minimum Gasteiger partial charge on any atom is -0.456 e. The monoisotopic (exact) mass is 683 g/mol. The molecule has 0 aliphatic heterocycles. The third kappa shape index (κ3) is 4.63. The van der Waals surface area contributed by atoms with Crippen LogP contribution >= 0.6 is 11.3 Å². The van der Waals surface area contributed by atoms with Crippen LogP contribution in [0.2, 0.25) is 0 Å². The predicted octanol–water partition coefficient (Wildman–Crippen LogP) is 13.2. The molecule has 0 saturated carbocycles. The molecule has 0 saturated heterocycles. The molecule has 7 aromatic carbocycles. The van der Waals surface area contributed by atoms with E-state index in [9.17, 15) is 0 Å². The lowest BCUT2D eigenvalue weighted by Gasteiger charge is -2.13. The normalized spacial score (nSPS) is 13.3. The number of fused-ring (bicyclic) bond motifs is 9. The van der Waals surface area contributed by atoms with Gasteiger partial charge < -0.3 is 4.42 Å². The number of allylic oxidation sites excluding steroid dienone is 4. The standard InChI is InChI=1S/C47H29N3OS/c1-2-11-30(12-3-1)45-48-46(32-23-22-29-21-20-28-10-4-5-13-33(28)38(29)26-32)50-47(49-45)37-16-9-18-40-44(37)43-34(15-8-17-39(43)51-40)31-24-25-36-35-14-6-7-19-41(35)52-42(36)27-31/h1-2,4-11,13-27H,3,12H2. The van der Waals surface area contributed by atoms with Gasteiger partial charge in [0.05, 0.1) is 0 Å². The van der Waals surface area contributed by atoms with Crippen LogP contribution in [0.3, 0.4) is 0 Å². The molecule has 52 heavy (non-hydrogen) atoms. The van der Waals surface area contributed by atoms with E-state index >= 15 is 0 Å². The van der Waals surface area contributed by atoms with Crippen molar-refractivity contribution >= 4 is 80.6 Å². The van der Waals surface area contributed by atoms with Gasteiger partial charge in [-0.2, -0.15) is 0 Å². The molecule has 10 aromatic rings. The molecule has 0 unspecified atom stereocenters. The lowest BCUT2D eigenvalue weighted by Crippen LogP contribution is -2.04. The molecule has 0 amide bonds. The summed E-state index contributed by atoms with van der Waals surface area (Å²) in [6.07, 6.45) is 8.27. The maximum Gasteiger partial charge on any atom is 0.164 e. The first-order valence-electron chi connectivity index (χ1n) is 17.7. The number of benzene rings is 7. The van der Waals surface area contributed by atoms with Crippen molar-refractivity contribution < 1.29 is 4.42 Å². The summed E-state index contributed by atoms with van der Waals surface area (Å²) in [6, 6.07) is 47.4. The molecule has 0 bridgehead atoms. The van der Waals surface area contributed by atoms with Gasteiger partial charge in [0.25, 0.3) is 0 Å². The molecule has 5 heteroatoms. The second-order valence-corrected chi connectivity index (χ2v) is 14.5. The molecule has 0 radical (unpaired) electrons. The van der Waals surface area contributed by atoms with Crippen molar-refractivity contribution in [1.82, 2.24) is 15.0 Å². The summed E-state index contributed by atoms with van der Waals surface area (Å²) in [5.41, 5.74) is 6.92. The van der Waals surface area contributed by atoms with Crippen molar-refractivity contribution in [3.63, 3.8) is 0 Å². The van der Waals surface area contributed by atoms with E-state index in [0.29, 0.717) is 17.5 Å². The second-order valence-electron chi connectivity index (χ2n) is 13.5. The highest BCUT2D eigenvalue weighted by atomic mass is 32.1. The molecular weight excluding hydrogens is 655 g/mol. The molecule has 0 spiro atoms. The van der Waals surface area contributed by atoms with E-state index in [-0.39, 0.29) is 0 Å². The highest BCUT2D eigenvalue weighted by molar-refractivity contribution is 7.25. The van der Waals surface area contributed by atoms with Crippen LogP contribution in [0.15, 0.2) is 156 Å². The number of aromatic nitrogens is 3. The smallest absolute Gasteiger partial charge is 0.164 e. The van der Waals surface area contributed by atoms with Crippen LogP contribution in [0.25, 0.3) is 103 Å². The van der Waals surface area contributed by atoms with Crippen molar-refractivity contribution in [2.75, 3.05) is 0 Å². The molecule has 3 heterocycles. The molecule has 244 valence electrons. The largest absolute Gasteiger partial charge is 0.456 e.